The summed E-state index contributed by atoms with van der Waals surface area (Å²) >= 11 is 12.8. The predicted octanol–water partition coefficient (Wildman–Crippen LogP) is 6.17. The third kappa shape index (κ3) is 6.43. The number of rotatable bonds is 9. The molecule has 1 aliphatic heterocycles. The lowest BCUT2D eigenvalue weighted by Crippen LogP contribution is -2.27. The van der Waals surface area contributed by atoms with E-state index in [0.717, 1.165) is 11.3 Å². The first-order valence-corrected chi connectivity index (χ1v) is 12.9. The van der Waals surface area contributed by atoms with Gasteiger partial charge in [-0.05, 0) is 67.1 Å². The highest BCUT2D eigenvalue weighted by molar-refractivity contribution is 8.27. The number of nitrogens with one attached hydrogen (secondary N) is 1. The summed E-state index contributed by atoms with van der Waals surface area (Å²) in [6.45, 7) is 2.24. The Labute approximate surface area is 229 Å². The monoisotopic (exact) mass is 554 g/mol. The fraction of sp³-hybridized carbons (Fsp3) is 0.148. The zero-order valence-corrected chi connectivity index (χ0v) is 22.4. The Bertz CT molecular complexity index is 1360. The Balaban J connectivity index is 1.44. The molecule has 10 heteroatoms. The van der Waals surface area contributed by atoms with Crippen LogP contribution in [0.1, 0.15) is 12.5 Å². The van der Waals surface area contributed by atoms with Crippen LogP contribution in [-0.2, 0) is 9.59 Å². The number of carbonyl (C=O) groups is 2. The van der Waals surface area contributed by atoms with Crippen molar-refractivity contribution >= 4 is 69.2 Å². The van der Waals surface area contributed by atoms with Gasteiger partial charge < -0.3 is 19.5 Å². The van der Waals surface area contributed by atoms with Gasteiger partial charge in [-0.15, -0.1) is 0 Å². The minimum absolute atomic E-state index is 0.213. The number of carbonyl (C=O) groups excluding carboxylic acids is 2. The quantitative estimate of drug-likeness (QED) is 0.250. The fourth-order valence-corrected chi connectivity index (χ4v) is 4.97. The topological polar surface area (TPSA) is 77.1 Å². The Hall–Kier alpha value is -3.53. The SMILES string of the molecule is CCOc1ccc(N2C(=O)/C(=C/c3ccc(OCC(=O)Nc4ccccc4Cl)c(OC)c3)SC2=S)cc1. The van der Waals surface area contributed by atoms with Gasteiger partial charge in [-0.1, -0.05) is 53.8 Å². The van der Waals surface area contributed by atoms with Crippen LogP contribution in [0.15, 0.2) is 71.6 Å². The molecule has 0 atom stereocenters. The molecule has 0 spiro atoms. The number of amides is 2. The van der Waals surface area contributed by atoms with Crippen molar-refractivity contribution in [3.63, 3.8) is 0 Å². The molecule has 0 aromatic heterocycles. The van der Waals surface area contributed by atoms with Crippen molar-refractivity contribution in [2.45, 2.75) is 6.92 Å². The van der Waals surface area contributed by atoms with E-state index in [4.69, 9.17) is 38.0 Å². The third-order valence-corrected chi connectivity index (χ3v) is 6.82. The van der Waals surface area contributed by atoms with Crippen molar-refractivity contribution in [2.75, 3.05) is 30.5 Å². The third-order valence-electron chi connectivity index (χ3n) is 5.19. The van der Waals surface area contributed by atoms with E-state index < -0.39 is 0 Å². The van der Waals surface area contributed by atoms with Crippen LogP contribution in [0.25, 0.3) is 6.08 Å². The van der Waals surface area contributed by atoms with Gasteiger partial charge in [0.05, 0.1) is 35.0 Å². The van der Waals surface area contributed by atoms with Gasteiger partial charge in [-0.2, -0.15) is 0 Å². The van der Waals surface area contributed by atoms with Crippen LogP contribution < -0.4 is 24.4 Å². The number of para-hydroxylation sites is 1. The molecule has 1 N–H and O–H groups in total. The largest absolute Gasteiger partial charge is 0.494 e. The average Bonchev–Trinajstić information content (AvgIpc) is 3.17. The van der Waals surface area contributed by atoms with E-state index in [9.17, 15) is 9.59 Å². The molecule has 0 bridgehead atoms. The van der Waals surface area contributed by atoms with Gasteiger partial charge in [0.1, 0.15) is 5.75 Å². The van der Waals surface area contributed by atoms with Gasteiger partial charge in [0.15, 0.2) is 22.4 Å². The molecule has 190 valence electrons. The summed E-state index contributed by atoms with van der Waals surface area (Å²) in [5.74, 6) is 0.951. The summed E-state index contributed by atoms with van der Waals surface area (Å²) in [6.07, 6.45) is 1.74. The average molecular weight is 555 g/mol. The first kappa shape index (κ1) is 26.5. The van der Waals surface area contributed by atoms with E-state index in [1.807, 2.05) is 6.92 Å². The van der Waals surface area contributed by atoms with Crippen LogP contribution in [-0.4, -0.2) is 36.5 Å². The molecule has 1 fully saturated rings. The lowest BCUT2D eigenvalue weighted by atomic mass is 10.1. The standard InChI is InChI=1S/C27H23ClN2O5S2/c1-3-34-19-11-9-18(10-12-19)30-26(32)24(37-27(30)36)15-17-8-13-22(23(14-17)33-2)35-16-25(31)29-21-7-5-4-6-20(21)28/h4-15H,3,16H2,1-2H3,(H,29,31)/b24-15-. The van der Waals surface area contributed by atoms with Crippen LogP contribution >= 0.6 is 35.6 Å². The second kappa shape index (κ2) is 12.1. The van der Waals surface area contributed by atoms with Crippen molar-refractivity contribution < 1.29 is 23.8 Å². The summed E-state index contributed by atoms with van der Waals surface area (Å²) in [7, 11) is 1.50. The van der Waals surface area contributed by atoms with Crippen molar-refractivity contribution in [2.24, 2.45) is 0 Å². The lowest BCUT2D eigenvalue weighted by Gasteiger charge is -2.15. The number of benzene rings is 3. The van der Waals surface area contributed by atoms with Crippen molar-refractivity contribution in [3.8, 4) is 17.2 Å². The highest BCUT2D eigenvalue weighted by atomic mass is 35.5. The summed E-state index contributed by atoms with van der Waals surface area (Å²) in [4.78, 5) is 27.4. The fourth-order valence-electron chi connectivity index (χ4n) is 3.49. The first-order chi connectivity index (χ1) is 17.9. The Morgan fingerprint density at radius 3 is 2.54 bits per heavy atom. The molecule has 3 aromatic rings. The molecule has 4 rings (SSSR count). The minimum atomic E-state index is -0.364. The molecular weight excluding hydrogens is 532 g/mol. The molecule has 1 aliphatic rings. The first-order valence-electron chi connectivity index (χ1n) is 11.3. The van der Waals surface area contributed by atoms with Crippen LogP contribution in [0.5, 0.6) is 17.2 Å². The second-order valence-corrected chi connectivity index (χ2v) is 9.75. The number of ether oxygens (including phenoxy) is 3. The van der Waals surface area contributed by atoms with E-state index in [1.165, 1.54) is 23.8 Å². The van der Waals surface area contributed by atoms with E-state index in [-0.39, 0.29) is 18.4 Å². The molecule has 7 nitrogen and oxygen atoms in total. The molecule has 0 saturated carbocycles. The molecular formula is C27H23ClN2O5S2. The lowest BCUT2D eigenvalue weighted by molar-refractivity contribution is -0.118. The van der Waals surface area contributed by atoms with E-state index in [0.29, 0.717) is 43.7 Å². The molecule has 2 amide bonds. The van der Waals surface area contributed by atoms with Crippen LogP contribution in [0, 0.1) is 0 Å². The maximum Gasteiger partial charge on any atom is 0.270 e. The van der Waals surface area contributed by atoms with E-state index >= 15 is 0 Å². The van der Waals surface area contributed by atoms with Gasteiger partial charge in [0.2, 0.25) is 0 Å². The number of anilines is 2. The van der Waals surface area contributed by atoms with Gasteiger partial charge in [0, 0.05) is 0 Å². The zero-order valence-electron chi connectivity index (χ0n) is 20.0. The van der Waals surface area contributed by atoms with E-state index in [1.54, 1.807) is 72.8 Å². The molecule has 0 radical (unpaired) electrons. The predicted molar refractivity (Wildman–Crippen MR) is 152 cm³/mol. The van der Waals surface area contributed by atoms with Crippen LogP contribution in [0.3, 0.4) is 0 Å². The molecule has 0 unspecified atom stereocenters. The van der Waals surface area contributed by atoms with Crippen LogP contribution in [0.2, 0.25) is 5.02 Å². The van der Waals surface area contributed by atoms with Crippen molar-refractivity contribution in [3.05, 3.63) is 82.2 Å². The minimum Gasteiger partial charge on any atom is -0.494 e. The van der Waals surface area contributed by atoms with E-state index in [2.05, 4.69) is 5.32 Å². The molecule has 37 heavy (non-hydrogen) atoms. The number of thiocarbonyl (C=S) groups is 1. The summed E-state index contributed by atoms with van der Waals surface area (Å²) in [5, 5.41) is 3.14. The van der Waals surface area contributed by atoms with Crippen molar-refractivity contribution in [1.82, 2.24) is 0 Å². The maximum atomic E-state index is 13.1. The number of hydrogen-bond donors (Lipinski definition) is 1. The summed E-state index contributed by atoms with van der Waals surface area (Å²) in [6, 6.07) is 19.3. The number of hydrogen-bond acceptors (Lipinski definition) is 7. The van der Waals surface area contributed by atoms with Crippen LogP contribution in [0.4, 0.5) is 11.4 Å². The second-order valence-electron chi connectivity index (χ2n) is 7.67. The number of halogens is 1. The molecule has 1 saturated heterocycles. The number of methoxy groups -OCH3 is 1. The molecule has 3 aromatic carbocycles. The molecule has 0 aliphatic carbocycles. The number of nitrogens with zero attached hydrogens (tertiary/aromatic N) is 1. The normalized spacial score (nSPS) is 14.1. The smallest absolute Gasteiger partial charge is 0.270 e. The Kier molecular flexibility index (Phi) is 8.70. The summed E-state index contributed by atoms with van der Waals surface area (Å²) in [5.41, 5.74) is 1.89. The van der Waals surface area contributed by atoms with Gasteiger partial charge in [-0.25, -0.2) is 0 Å². The van der Waals surface area contributed by atoms with Gasteiger partial charge in [-0.3, -0.25) is 14.5 Å². The maximum absolute atomic E-state index is 13.1. The van der Waals surface area contributed by atoms with Crippen molar-refractivity contribution in [1.29, 1.82) is 0 Å². The highest BCUT2D eigenvalue weighted by Crippen LogP contribution is 2.37. The van der Waals surface area contributed by atoms with Gasteiger partial charge >= 0.3 is 0 Å². The molecule has 1 heterocycles. The Morgan fingerprint density at radius 1 is 1.08 bits per heavy atom. The summed E-state index contributed by atoms with van der Waals surface area (Å²) < 4.78 is 17.0. The van der Waals surface area contributed by atoms with Gasteiger partial charge in [0.25, 0.3) is 11.8 Å². The highest BCUT2D eigenvalue weighted by Gasteiger charge is 2.33. The zero-order chi connectivity index (χ0) is 26.4. The Morgan fingerprint density at radius 2 is 1.84 bits per heavy atom. The number of thioether (sulfide) groups is 1.